The van der Waals surface area contributed by atoms with Gasteiger partial charge in [-0.25, -0.2) is 21.6 Å². The molecule has 58 heavy (non-hydrogen) atoms. The second kappa shape index (κ2) is 20.2. The molecule has 0 spiro atoms. The van der Waals surface area contributed by atoms with Crippen LogP contribution in [-0.2, 0) is 24.6 Å². The molecule has 0 fully saturated rings. The molecule has 0 aromatic heterocycles. The topological polar surface area (TPSA) is 146 Å². The third-order valence-electron chi connectivity index (χ3n) is 9.07. The number of thioether (sulfide) groups is 1. The van der Waals surface area contributed by atoms with Gasteiger partial charge >= 0.3 is 5.51 Å². The maximum absolute atomic E-state index is 14.0. The average Bonchev–Trinajstić information content (AvgIpc) is 3.19. The number of nitrogens with zero attached hydrogens (tertiary/aromatic N) is 1. The first-order valence-electron chi connectivity index (χ1n) is 18.2. The number of hydrogen-bond acceptors (Lipinski definition) is 11. The fraction of sp³-hybridized carbons (Fsp3) is 0.325. The van der Waals surface area contributed by atoms with Gasteiger partial charge in [0.1, 0.15) is 4.90 Å². The monoisotopic (exact) mass is 879 g/mol. The van der Waals surface area contributed by atoms with Crippen molar-refractivity contribution in [1.82, 2.24) is 14.9 Å². The van der Waals surface area contributed by atoms with E-state index in [1.165, 1.54) is 29.5 Å². The third kappa shape index (κ3) is 12.5. The Morgan fingerprint density at radius 1 is 0.931 bits per heavy atom. The van der Waals surface area contributed by atoms with Crippen molar-refractivity contribution in [2.45, 2.75) is 39.1 Å². The van der Waals surface area contributed by atoms with Gasteiger partial charge in [0.15, 0.2) is 0 Å². The van der Waals surface area contributed by atoms with E-state index in [0.717, 1.165) is 34.6 Å². The molecule has 1 atom stereocenters. The van der Waals surface area contributed by atoms with E-state index in [1.54, 1.807) is 12.1 Å². The summed E-state index contributed by atoms with van der Waals surface area (Å²) in [5.74, 6) is -0.692. The molecule has 18 heteroatoms. The summed E-state index contributed by atoms with van der Waals surface area (Å²) in [7, 11) is -7.21. The number of benzene rings is 4. The van der Waals surface area contributed by atoms with Gasteiger partial charge in [-0.3, -0.25) is 4.79 Å². The molecule has 0 saturated heterocycles. The predicted octanol–water partition coefficient (Wildman–Crippen LogP) is 7.15. The number of halogens is 4. The summed E-state index contributed by atoms with van der Waals surface area (Å²) in [6, 6.07) is 24.8. The number of amides is 1. The number of sulfonamides is 1. The number of ether oxygens (including phenoxy) is 1. The molecule has 11 nitrogen and oxygen atoms in total. The van der Waals surface area contributed by atoms with Crippen molar-refractivity contribution >= 4 is 66.1 Å². The highest BCUT2D eigenvalue weighted by Gasteiger charge is 2.48. The van der Waals surface area contributed by atoms with Crippen molar-refractivity contribution < 1.29 is 39.5 Å². The zero-order valence-corrected chi connectivity index (χ0v) is 35.0. The lowest BCUT2D eigenvalue weighted by Gasteiger charge is -2.24. The Labute approximate surface area is 346 Å². The molecule has 1 heterocycles. The largest absolute Gasteiger partial charge is 0.501 e. The minimum Gasteiger partial charge on any atom is -0.384 e. The van der Waals surface area contributed by atoms with E-state index in [2.05, 4.69) is 16.0 Å². The Hall–Kier alpha value is -4.10. The number of sulfone groups is 1. The van der Waals surface area contributed by atoms with E-state index in [1.807, 2.05) is 78.3 Å². The number of anilines is 2. The van der Waals surface area contributed by atoms with Gasteiger partial charge in [-0.1, -0.05) is 41.9 Å². The van der Waals surface area contributed by atoms with Crippen LogP contribution in [0.15, 0.2) is 117 Å². The lowest BCUT2D eigenvalue weighted by molar-refractivity contribution is -0.0435. The van der Waals surface area contributed by atoms with Crippen LogP contribution in [0, 0.1) is 0 Å². The lowest BCUT2D eigenvalue weighted by Crippen LogP contribution is -2.32. The predicted molar refractivity (Wildman–Crippen MR) is 224 cm³/mol. The first kappa shape index (κ1) is 45.0. The van der Waals surface area contributed by atoms with Gasteiger partial charge in [0.2, 0.25) is 0 Å². The summed E-state index contributed by atoms with van der Waals surface area (Å²) in [6.07, 6.45) is 1.23. The van der Waals surface area contributed by atoms with Crippen LogP contribution in [0.1, 0.15) is 28.8 Å². The Bertz CT molecular complexity index is 2260. The number of hydrogen-bond donors (Lipinski definition) is 4. The Kier molecular flexibility index (Phi) is 15.7. The summed E-state index contributed by atoms with van der Waals surface area (Å²) in [6.45, 7) is 3.46. The molecule has 0 radical (unpaired) electrons. The Morgan fingerprint density at radius 2 is 1.64 bits per heavy atom. The lowest BCUT2D eigenvalue weighted by atomic mass is 9.96. The molecule has 4 aromatic rings. The van der Waals surface area contributed by atoms with E-state index in [4.69, 9.17) is 16.3 Å². The van der Waals surface area contributed by atoms with Crippen LogP contribution >= 0.6 is 23.4 Å². The van der Waals surface area contributed by atoms with Gasteiger partial charge in [0.25, 0.3) is 25.8 Å². The van der Waals surface area contributed by atoms with Gasteiger partial charge in [-0.05, 0) is 117 Å². The van der Waals surface area contributed by atoms with Crippen LogP contribution in [0.5, 0.6) is 0 Å². The Balaban J connectivity index is 1.22. The number of alkyl halides is 3. The number of carbonyl (C=O) groups is 1. The normalized spacial score (nSPS) is 14.3. The maximum Gasteiger partial charge on any atom is 0.501 e. The number of rotatable bonds is 19. The summed E-state index contributed by atoms with van der Waals surface area (Å²) in [4.78, 5) is 13.7. The molecule has 4 aromatic carbocycles. The van der Waals surface area contributed by atoms with Crippen molar-refractivity contribution in [3.63, 3.8) is 0 Å². The van der Waals surface area contributed by atoms with Crippen LogP contribution < -0.4 is 20.7 Å². The number of carbonyl (C=O) groups excluding carboxylic acids is 1. The quantitative estimate of drug-likeness (QED) is 0.0563. The zero-order chi connectivity index (χ0) is 41.9. The molecule has 0 aliphatic carbocycles. The number of nitrogens with one attached hydrogen (secondary N) is 4. The van der Waals surface area contributed by atoms with E-state index in [-0.39, 0.29) is 5.56 Å². The maximum atomic E-state index is 14.0. The van der Waals surface area contributed by atoms with Crippen LogP contribution in [0.2, 0.25) is 5.02 Å². The highest BCUT2D eigenvalue weighted by molar-refractivity contribution is 7.99. The third-order valence-corrected chi connectivity index (χ3v) is 13.4. The van der Waals surface area contributed by atoms with Crippen molar-refractivity contribution in [3.8, 4) is 0 Å². The standard InChI is InChI=1S/C40H45ClF3N5O6S3/c1-49(2)22-18-33(27-56-34-6-4-3-5-7-34)47-37-17-16-35(24-38(37)57(51,52)40(42,43)44)58(53,54)48-39(50)29-10-14-32(15-11-29)46-21-20-45-25-30-26-55-23-19-36(30)28-8-12-31(41)13-9-28/h3-17,24,33,45-47H,18-23,25-27H2,1-2H3,(H,48,50)/t33-/m1/s1. The second-order valence-corrected chi connectivity index (χ2v) is 18.8. The fourth-order valence-corrected chi connectivity index (χ4v) is 9.13. The summed E-state index contributed by atoms with van der Waals surface area (Å²) in [5, 5.41) is 10.2. The van der Waals surface area contributed by atoms with Crippen LogP contribution in [-0.4, -0.2) is 98.4 Å². The van der Waals surface area contributed by atoms with Gasteiger partial charge < -0.3 is 25.6 Å². The molecular weight excluding hydrogens is 835 g/mol. The van der Waals surface area contributed by atoms with E-state index < -0.39 is 52.8 Å². The fourth-order valence-electron chi connectivity index (χ4n) is 5.99. The van der Waals surface area contributed by atoms with Gasteiger partial charge in [-0.15, -0.1) is 11.8 Å². The molecule has 1 amide bonds. The van der Waals surface area contributed by atoms with Gasteiger partial charge in [0.05, 0.1) is 23.8 Å². The summed E-state index contributed by atoms with van der Waals surface area (Å²) in [5.41, 5.74) is -2.05. The highest BCUT2D eigenvalue weighted by Crippen LogP contribution is 2.37. The first-order valence-corrected chi connectivity index (χ1v) is 22.6. The molecule has 0 saturated carbocycles. The molecule has 0 bridgehead atoms. The van der Waals surface area contributed by atoms with Crippen LogP contribution in [0.25, 0.3) is 5.57 Å². The van der Waals surface area contributed by atoms with Gasteiger partial charge in [-0.2, -0.15) is 13.2 Å². The molecule has 1 aliphatic rings. The second-order valence-electron chi connectivity index (χ2n) is 13.7. The summed E-state index contributed by atoms with van der Waals surface area (Å²) < 4.78 is 102. The van der Waals surface area contributed by atoms with Crippen molar-refractivity contribution in [3.05, 3.63) is 119 Å². The molecule has 312 valence electrons. The van der Waals surface area contributed by atoms with Crippen LogP contribution in [0.3, 0.4) is 0 Å². The van der Waals surface area contributed by atoms with E-state index >= 15 is 0 Å². The van der Waals surface area contributed by atoms with Crippen LogP contribution in [0.4, 0.5) is 24.5 Å². The first-order chi connectivity index (χ1) is 27.5. The van der Waals surface area contributed by atoms with Crippen molar-refractivity contribution in [2.24, 2.45) is 0 Å². The minimum absolute atomic E-state index is 0.0488. The SMILES string of the molecule is CN(C)CC[C@H](CSc1ccccc1)Nc1ccc(S(=O)(=O)NC(=O)c2ccc(NCCNCC3=C(c4ccc(Cl)cc4)CCOC3)cc2)cc1S(=O)(=O)C(F)(F)F. The van der Waals surface area contributed by atoms with Crippen molar-refractivity contribution in [1.29, 1.82) is 0 Å². The van der Waals surface area contributed by atoms with Crippen molar-refractivity contribution in [2.75, 3.05) is 69.9 Å². The molecule has 4 N–H and O–H groups in total. The highest BCUT2D eigenvalue weighted by atomic mass is 35.5. The molecular formula is C40H45ClF3N5O6S3. The van der Waals surface area contributed by atoms with Gasteiger partial charge in [0, 0.05) is 52.6 Å². The zero-order valence-electron chi connectivity index (χ0n) is 31.8. The molecule has 1 aliphatic heterocycles. The molecule has 0 unspecified atom stereocenters. The van der Waals surface area contributed by atoms with E-state index in [9.17, 15) is 34.8 Å². The molecule has 5 rings (SSSR count). The summed E-state index contributed by atoms with van der Waals surface area (Å²) >= 11 is 7.48. The average molecular weight is 880 g/mol. The van der Waals surface area contributed by atoms with E-state index in [0.29, 0.717) is 68.3 Å². The smallest absolute Gasteiger partial charge is 0.384 e. The Morgan fingerprint density at radius 3 is 2.31 bits per heavy atom. The minimum atomic E-state index is -6.03.